The molecule has 0 fully saturated rings. The van der Waals surface area contributed by atoms with Crippen LogP contribution in [0.3, 0.4) is 0 Å². The van der Waals surface area contributed by atoms with Crippen LogP contribution in [-0.2, 0) is 0 Å². The molecule has 2 rings (SSSR count). The molecule has 0 aliphatic rings. The van der Waals surface area contributed by atoms with Crippen LogP contribution < -0.4 is 15.4 Å². The van der Waals surface area contributed by atoms with Gasteiger partial charge in [-0.3, -0.25) is 0 Å². The van der Waals surface area contributed by atoms with Gasteiger partial charge in [0.1, 0.15) is 18.2 Å². The minimum absolute atomic E-state index is 0.0389. The Morgan fingerprint density at radius 2 is 1.83 bits per heavy atom. The minimum Gasteiger partial charge on any atom is -0.491 e. The molecule has 23 heavy (non-hydrogen) atoms. The highest BCUT2D eigenvalue weighted by atomic mass is 32.1. The van der Waals surface area contributed by atoms with E-state index in [1.807, 2.05) is 25.1 Å². The first-order chi connectivity index (χ1) is 10.9. The molecule has 3 nitrogen and oxygen atoms in total. The van der Waals surface area contributed by atoms with Gasteiger partial charge in [-0.15, -0.1) is 0 Å². The van der Waals surface area contributed by atoms with Crippen LogP contribution in [0.25, 0.3) is 0 Å². The van der Waals surface area contributed by atoms with Crippen molar-refractivity contribution < 1.29 is 9.13 Å². The topological polar surface area (TPSA) is 33.3 Å². The largest absolute Gasteiger partial charge is 0.491 e. The van der Waals surface area contributed by atoms with Crippen molar-refractivity contribution >= 4 is 23.0 Å². The minimum atomic E-state index is -0.274. The second kappa shape index (κ2) is 7.92. The lowest BCUT2D eigenvalue weighted by atomic mass is 10.1. The Kier molecular flexibility index (Phi) is 5.93. The van der Waals surface area contributed by atoms with Gasteiger partial charge >= 0.3 is 0 Å². The zero-order valence-electron chi connectivity index (χ0n) is 13.5. The number of rotatable bonds is 5. The number of hydrogen-bond donors (Lipinski definition) is 2. The van der Waals surface area contributed by atoms with Crippen molar-refractivity contribution in [2.24, 2.45) is 0 Å². The van der Waals surface area contributed by atoms with E-state index in [0.717, 1.165) is 11.4 Å². The molecule has 5 heteroatoms. The molecule has 0 amide bonds. The maximum Gasteiger partial charge on any atom is 0.171 e. The molecule has 2 aromatic carbocycles. The first-order valence-electron chi connectivity index (χ1n) is 7.47. The number of halogens is 1. The Morgan fingerprint density at radius 3 is 2.48 bits per heavy atom. The van der Waals surface area contributed by atoms with Crippen LogP contribution in [-0.4, -0.2) is 17.8 Å². The molecular formula is C18H21FN2OS. The Hall–Kier alpha value is -2.14. The summed E-state index contributed by atoms with van der Waals surface area (Å²) in [6.07, 6.45) is 0. The van der Waals surface area contributed by atoms with Gasteiger partial charge in [0, 0.05) is 5.69 Å². The van der Waals surface area contributed by atoms with Crippen LogP contribution in [0.15, 0.2) is 42.5 Å². The summed E-state index contributed by atoms with van der Waals surface area (Å²) in [6, 6.07) is 12.1. The van der Waals surface area contributed by atoms with Crippen LogP contribution in [0.1, 0.15) is 18.1 Å². The number of hydrogen-bond acceptors (Lipinski definition) is 2. The van der Waals surface area contributed by atoms with Crippen molar-refractivity contribution in [3.8, 4) is 5.75 Å². The summed E-state index contributed by atoms with van der Waals surface area (Å²) in [5.41, 5.74) is 3.19. The van der Waals surface area contributed by atoms with Gasteiger partial charge in [0.15, 0.2) is 5.11 Å². The van der Waals surface area contributed by atoms with E-state index in [4.69, 9.17) is 17.0 Å². The number of anilines is 1. The molecule has 2 aromatic rings. The highest BCUT2D eigenvalue weighted by Crippen LogP contribution is 2.16. The molecule has 0 aliphatic heterocycles. The average Bonchev–Trinajstić information content (AvgIpc) is 2.51. The molecule has 0 aliphatic carbocycles. The van der Waals surface area contributed by atoms with E-state index in [-0.39, 0.29) is 11.9 Å². The first-order valence-corrected chi connectivity index (χ1v) is 7.88. The molecule has 1 unspecified atom stereocenters. The van der Waals surface area contributed by atoms with Crippen molar-refractivity contribution in [3.63, 3.8) is 0 Å². The van der Waals surface area contributed by atoms with Gasteiger partial charge in [-0.25, -0.2) is 4.39 Å². The third-order valence-corrected chi connectivity index (χ3v) is 3.68. The molecule has 0 saturated heterocycles. The molecule has 0 aromatic heterocycles. The molecule has 122 valence electrons. The first kappa shape index (κ1) is 17.2. The predicted molar refractivity (Wildman–Crippen MR) is 96.6 cm³/mol. The molecule has 0 spiro atoms. The van der Waals surface area contributed by atoms with Gasteiger partial charge < -0.3 is 15.4 Å². The van der Waals surface area contributed by atoms with Gasteiger partial charge in [0.05, 0.1) is 6.04 Å². The van der Waals surface area contributed by atoms with Crippen LogP contribution in [0.5, 0.6) is 5.75 Å². The van der Waals surface area contributed by atoms with Crippen molar-refractivity contribution in [1.29, 1.82) is 0 Å². The van der Waals surface area contributed by atoms with E-state index in [1.165, 1.54) is 23.3 Å². The summed E-state index contributed by atoms with van der Waals surface area (Å²) >= 11 is 5.24. The zero-order chi connectivity index (χ0) is 16.8. The van der Waals surface area contributed by atoms with Crippen molar-refractivity contribution in [2.45, 2.75) is 26.8 Å². The molecule has 1 atom stereocenters. The lowest BCUT2D eigenvalue weighted by Crippen LogP contribution is -2.39. The number of benzene rings is 2. The molecule has 0 bridgehead atoms. The SMILES string of the molecule is Cc1ccc(OCC(C)NC(=S)Nc2ccc(F)cc2)cc1C. The van der Waals surface area contributed by atoms with E-state index >= 15 is 0 Å². The predicted octanol–water partition coefficient (Wildman–Crippen LogP) is 4.20. The summed E-state index contributed by atoms with van der Waals surface area (Å²) in [5, 5.41) is 6.63. The van der Waals surface area contributed by atoms with Crippen LogP contribution in [0.2, 0.25) is 0 Å². The number of ether oxygens (including phenoxy) is 1. The Bertz CT molecular complexity index is 673. The summed E-state index contributed by atoms with van der Waals surface area (Å²) in [4.78, 5) is 0. The van der Waals surface area contributed by atoms with Gasteiger partial charge in [-0.2, -0.15) is 0 Å². The third-order valence-electron chi connectivity index (χ3n) is 3.46. The smallest absolute Gasteiger partial charge is 0.171 e. The molecule has 0 heterocycles. The fraction of sp³-hybridized carbons (Fsp3) is 0.278. The van der Waals surface area contributed by atoms with E-state index in [1.54, 1.807) is 12.1 Å². The highest BCUT2D eigenvalue weighted by Gasteiger charge is 2.06. The summed E-state index contributed by atoms with van der Waals surface area (Å²) in [5.74, 6) is 0.573. The zero-order valence-corrected chi connectivity index (χ0v) is 14.3. The number of nitrogens with one attached hydrogen (secondary N) is 2. The Morgan fingerprint density at radius 1 is 1.13 bits per heavy atom. The maximum atomic E-state index is 12.9. The average molecular weight is 332 g/mol. The lowest BCUT2D eigenvalue weighted by molar-refractivity contribution is 0.287. The molecular weight excluding hydrogens is 311 g/mol. The van der Waals surface area contributed by atoms with Gasteiger partial charge in [0.2, 0.25) is 0 Å². The number of aryl methyl sites for hydroxylation is 2. The van der Waals surface area contributed by atoms with Gasteiger partial charge in [-0.05, 0) is 80.5 Å². The van der Waals surface area contributed by atoms with Crippen molar-refractivity contribution in [1.82, 2.24) is 5.32 Å². The van der Waals surface area contributed by atoms with Crippen molar-refractivity contribution in [2.75, 3.05) is 11.9 Å². The van der Waals surface area contributed by atoms with Crippen LogP contribution in [0.4, 0.5) is 10.1 Å². The van der Waals surface area contributed by atoms with E-state index < -0.39 is 0 Å². The van der Waals surface area contributed by atoms with E-state index in [0.29, 0.717) is 11.7 Å². The van der Waals surface area contributed by atoms with Gasteiger partial charge in [-0.1, -0.05) is 6.07 Å². The summed E-state index contributed by atoms with van der Waals surface area (Å²) < 4.78 is 18.6. The van der Waals surface area contributed by atoms with E-state index in [2.05, 4.69) is 24.5 Å². The normalized spacial score (nSPS) is 11.7. The molecule has 2 N–H and O–H groups in total. The Balaban J connectivity index is 1.79. The maximum absolute atomic E-state index is 12.9. The molecule has 0 saturated carbocycles. The second-order valence-electron chi connectivity index (χ2n) is 5.56. The number of thiocarbonyl (C=S) groups is 1. The fourth-order valence-electron chi connectivity index (χ4n) is 1.99. The second-order valence-corrected chi connectivity index (χ2v) is 5.97. The Labute approximate surface area is 141 Å². The van der Waals surface area contributed by atoms with Crippen molar-refractivity contribution in [3.05, 3.63) is 59.4 Å². The third kappa shape index (κ3) is 5.53. The standard InChI is InChI=1S/C18H21FN2OS/c1-12-4-9-17(10-13(12)2)22-11-14(3)20-18(23)21-16-7-5-15(19)6-8-16/h4-10,14H,11H2,1-3H3,(H2,20,21,23). The lowest BCUT2D eigenvalue weighted by Gasteiger charge is -2.18. The van der Waals surface area contributed by atoms with Gasteiger partial charge in [0.25, 0.3) is 0 Å². The fourth-order valence-corrected chi connectivity index (χ4v) is 2.31. The molecule has 0 radical (unpaired) electrons. The van der Waals surface area contributed by atoms with Crippen LogP contribution in [0, 0.1) is 19.7 Å². The highest BCUT2D eigenvalue weighted by molar-refractivity contribution is 7.80. The summed E-state index contributed by atoms with van der Waals surface area (Å²) in [7, 11) is 0. The van der Waals surface area contributed by atoms with Crippen LogP contribution >= 0.6 is 12.2 Å². The quantitative estimate of drug-likeness (QED) is 0.804. The monoisotopic (exact) mass is 332 g/mol. The summed E-state index contributed by atoms with van der Waals surface area (Å²) in [6.45, 7) is 6.61. The van der Waals surface area contributed by atoms with E-state index in [9.17, 15) is 4.39 Å².